The topological polar surface area (TPSA) is 134 Å². The third kappa shape index (κ3) is 5.96. The number of aromatic hydroxyl groups is 1. The van der Waals surface area contributed by atoms with Crippen LogP contribution in [0.4, 0.5) is 16.2 Å². The van der Waals surface area contributed by atoms with Crippen LogP contribution in [-0.2, 0) is 14.4 Å². The molecule has 194 valence electrons. The van der Waals surface area contributed by atoms with Gasteiger partial charge in [0.05, 0.1) is 17.3 Å². The Hall–Kier alpha value is -4.35. The summed E-state index contributed by atoms with van der Waals surface area (Å²) in [7, 11) is 1.39. The van der Waals surface area contributed by atoms with Crippen molar-refractivity contribution in [3.63, 3.8) is 0 Å². The van der Waals surface area contributed by atoms with Crippen LogP contribution in [0.2, 0.25) is 5.02 Å². The van der Waals surface area contributed by atoms with E-state index in [-0.39, 0.29) is 35.1 Å². The van der Waals surface area contributed by atoms with Crippen molar-refractivity contribution in [2.45, 2.75) is 0 Å². The summed E-state index contributed by atoms with van der Waals surface area (Å²) < 4.78 is 11.4. The number of barbiturate groups is 1. The molecular formula is C26H19BrClN3O7. The highest BCUT2D eigenvalue weighted by Crippen LogP contribution is 2.37. The molecule has 0 aromatic heterocycles. The van der Waals surface area contributed by atoms with Crippen molar-refractivity contribution in [3.8, 4) is 17.2 Å². The Morgan fingerprint density at radius 1 is 1.11 bits per heavy atom. The molecule has 1 aliphatic heterocycles. The molecule has 1 fully saturated rings. The zero-order valence-corrected chi connectivity index (χ0v) is 22.0. The molecule has 12 heteroatoms. The fourth-order valence-electron chi connectivity index (χ4n) is 3.49. The summed E-state index contributed by atoms with van der Waals surface area (Å²) in [6, 6.07) is 14.1. The van der Waals surface area contributed by atoms with Crippen LogP contribution in [0.15, 0.2) is 70.7 Å². The molecule has 5 amide bonds. The molecule has 1 heterocycles. The number of hydrogen-bond donors (Lipinski definition) is 3. The molecule has 0 spiro atoms. The predicted molar refractivity (Wildman–Crippen MR) is 143 cm³/mol. The van der Waals surface area contributed by atoms with Crippen LogP contribution >= 0.6 is 27.5 Å². The molecule has 38 heavy (non-hydrogen) atoms. The first kappa shape index (κ1) is 26.7. The number of methoxy groups -OCH3 is 1. The third-order valence-electron chi connectivity index (χ3n) is 5.25. The number of benzene rings is 3. The lowest BCUT2D eigenvalue weighted by atomic mass is 10.1. The van der Waals surface area contributed by atoms with Crippen LogP contribution in [0.1, 0.15) is 5.56 Å². The molecule has 1 aliphatic rings. The second kappa shape index (κ2) is 11.4. The van der Waals surface area contributed by atoms with Crippen molar-refractivity contribution in [1.82, 2.24) is 5.32 Å². The van der Waals surface area contributed by atoms with Crippen LogP contribution in [-0.4, -0.2) is 42.6 Å². The predicted octanol–water partition coefficient (Wildman–Crippen LogP) is 4.50. The van der Waals surface area contributed by atoms with E-state index in [1.54, 1.807) is 30.3 Å². The Kier molecular flexibility index (Phi) is 7.99. The number of amides is 5. The number of ether oxygens (including phenoxy) is 2. The lowest BCUT2D eigenvalue weighted by Crippen LogP contribution is -2.54. The zero-order valence-electron chi connectivity index (χ0n) is 19.7. The molecule has 0 bridgehead atoms. The van der Waals surface area contributed by atoms with E-state index in [0.717, 1.165) is 4.90 Å². The van der Waals surface area contributed by atoms with Crippen LogP contribution in [0.3, 0.4) is 0 Å². The summed E-state index contributed by atoms with van der Waals surface area (Å²) in [5.41, 5.74) is 0.794. The van der Waals surface area contributed by atoms with E-state index in [1.165, 1.54) is 43.5 Å². The van der Waals surface area contributed by atoms with Gasteiger partial charge in [0, 0.05) is 10.7 Å². The molecule has 0 radical (unpaired) electrons. The zero-order chi connectivity index (χ0) is 27.4. The summed E-state index contributed by atoms with van der Waals surface area (Å²) in [5, 5.41) is 14.8. The molecule has 0 atom stereocenters. The van der Waals surface area contributed by atoms with Gasteiger partial charge in [0.15, 0.2) is 18.1 Å². The molecular weight excluding hydrogens is 582 g/mol. The smallest absolute Gasteiger partial charge is 0.335 e. The number of anilines is 2. The minimum absolute atomic E-state index is 0.0489. The van der Waals surface area contributed by atoms with Crippen molar-refractivity contribution in [1.29, 1.82) is 0 Å². The standard InChI is InChI=1S/C26H19BrClN3O7/c1-37-21-12-14(11-20(27)23(21)38-13-22(33)29-16-4-2-15(28)3-5-16)10-19-24(34)30-26(36)31(25(19)35)17-6-8-18(32)9-7-17/h2-12,32H,13H2,1H3,(H,29,33)(H,30,34,36)/b19-10+. The second-order valence-electron chi connectivity index (χ2n) is 7.85. The molecule has 3 aromatic carbocycles. The van der Waals surface area contributed by atoms with Gasteiger partial charge in [-0.3, -0.25) is 19.7 Å². The van der Waals surface area contributed by atoms with Crippen LogP contribution in [0.25, 0.3) is 6.08 Å². The Morgan fingerprint density at radius 2 is 1.79 bits per heavy atom. The number of urea groups is 1. The number of nitrogens with zero attached hydrogens (tertiary/aromatic N) is 1. The first-order valence-corrected chi connectivity index (χ1v) is 12.1. The van der Waals surface area contributed by atoms with Crippen molar-refractivity contribution >= 4 is 68.7 Å². The summed E-state index contributed by atoms with van der Waals surface area (Å²) in [5.74, 6) is -1.74. The Labute approximate surface area is 229 Å². The number of phenols is 1. The van der Waals surface area contributed by atoms with Crippen LogP contribution in [0.5, 0.6) is 17.2 Å². The van der Waals surface area contributed by atoms with Gasteiger partial charge in [0.2, 0.25) is 0 Å². The maximum atomic E-state index is 13.1. The number of hydrogen-bond acceptors (Lipinski definition) is 7. The molecule has 4 rings (SSSR count). The van der Waals surface area contributed by atoms with Gasteiger partial charge in [-0.15, -0.1) is 0 Å². The van der Waals surface area contributed by atoms with Gasteiger partial charge in [0.25, 0.3) is 17.7 Å². The highest BCUT2D eigenvalue weighted by Gasteiger charge is 2.36. The van der Waals surface area contributed by atoms with Gasteiger partial charge in [0.1, 0.15) is 11.3 Å². The Morgan fingerprint density at radius 3 is 2.45 bits per heavy atom. The van der Waals surface area contributed by atoms with Crippen molar-refractivity contribution in [2.75, 3.05) is 23.9 Å². The average Bonchev–Trinajstić information content (AvgIpc) is 2.88. The number of halogens is 2. The first-order chi connectivity index (χ1) is 18.2. The van der Waals surface area contributed by atoms with Gasteiger partial charge < -0.3 is 19.9 Å². The minimum Gasteiger partial charge on any atom is -0.508 e. The molecule has 0 saturated carbocycles. The number of imide groups is 2. The fourth-order valence-corrected chi connectivity index (χ4v) is 4.19. The van der Waals surface area contributed by atoms with Crippen LogP contribution in [0, 0.1) is 0 Å². The molecule has 3 aromatic rings. The maximum Gasteiger partial charge on any atom is 0.335 e. The number of rotatable bonds is 7. The molecule has 1 saturated heterocycles. The van der Waals surface area contributed by atoms with Crippen LogP contribution < -0.4 is 25.0 Å². The second-order valence-corrected chi connectivity index (χ2v) is 9.14. The highest BCUT2D eigenvalue weighted by atomic mass is 79.9. The number of nitrogens with one attached hydrogen (secondary N) is 2. The molecule has 10 nitrogen and oxygen atoms in total. The van der Waals surface area contributed by atoms with E-state index in [2.05, 4.69) is 26.6 Å². The van der Waals surface area contributed by atoms with E-state index in [4.69, 9.17) is 21.1 Å². The number of phenolic OH excluding ortho intramolecular Hbond substituents is 1. The lowest BCUT2D eigenvalue weighted by molar-refractivity contribution is -0.122. The quantitative estimate of drug-likeness (QED) is 0.269. The van der Waals surface area contributed by atoms with Crippen molar-refractivity contribution in [3.05, 3.63) is 81.3 Å². The minimum atomic E-state index is -0.915. The summed E-state index contributed by atoms with van der Waals surface area (Å²) in [6.45, 7) is -0.331. The van der Waals surface area contributed by atoms with Crippen molar-refractivity contribution in [2.24, 2.45) is 0 Å². The number of carbonyl (C=O) groups excluding carboxylic acids is 4. The van der Waals surface area contributed by atoms with E-state index in [9.17, 15) is 24.3 Å². The van der Waals surface area contributed by atoms with Gasteiger partial charge in [-0.25, -0.2) is 9.69 Å². The van der Waals surface area contributed by atoms with Gasteiger partial charge in [-0.1, -0.05) is 11.6 Å². The SMILES string of the molecule is COc1cc(/C=C2\C(=O)NC(=O)N(c3ccc(O)cc3)C2=O)cc(Br)c1OCC(=O)Nc1ccc(Cl)cc1. The van der Waals surface area contributed by atoms with E-state index in [1.807, 2.05) is 0 Å². The normalized spacial score (nSPS) is 14.3. The van der Waals surface area contributed by atoms with Crippen molar-refractivity contribution < 1.29 is 33.8 Å². The summed E-state index contributed by atoms with van der Waals surface area (Å²) in [6.07, 6.45) is 1.29. The Balaban J connectivity index is 1.55. The average molecular weight is 601 g/mol. The molecule has 3 N–H and O–H groups in total. The Bertz CT molecular complexity index is 1460. The maximum absolute atomic E-state index is 13.1. The first-order valence-electron chi connectivity index (χ1n) is 10.9. The lowest BCUT2D eigenvalue weighted by Gasteiger charge is -2.26. The third-order valence-corrected chi connectivity index (χ3v) is 6.09. The fraction of sp³-hybridized carbons (Fsp3) is 0.0769. The van der Waals surface area contributed by atoms with E-state index in [0.29, 0.717) is 20.7 Å². The van der Waals surface area contributed by atoms with E-state index < -0.39 is 23.8 Å². The van der Waals surface area contributed by atoms with Gasteiger partial charge in [-0.2, -0.15) is 0 Å². The van der Waals surface area contributed by atoms with Gasteiger partial charge in [-0.05, 0) is 88.2 Å². The largest absolute Gasteiger partial charge is 0.508 e. The highest BCUT2D eigenvalue weighted by molar-refractivity contribution is 9.10. The number of carbonyl (C=O) groups is 4. The van der Waals surface area contributed by atoms with Gasteiger partial charge >= 0.3 is 6.03 Å². The van der Waals surface area contributed by atoms with E-state index >= 15 is 0 Å². The monoisotopic (exact) mass is 599 g/mol. The molecule has 0 unspecified atom stereocenters. The summed E-state index contributed by atoms with van der Waals surface area (Å²) >= 11 is 9.22. The summed E-state index contributed by atoms with van der Waals surface area (Å²) in [4.78, 5) is 51.0. The molecule has 0 aliphatic carbocycles.